The van der Waals surface area contributed by atoms with Crippen LogP contribution >= 0.6 is 0 Å². The van der Waals surface area contributed by atoms with E-state index in [-0.39, 0.29) is 11.6 Å². The number of hydrogen-bond donors (Lipinski definition) is 3. The molecule has 0 fully saturated rings. The van der Waals surface area contributed by atoms with E-state index in [4.69, 9.17) is 9.84 Å². The first kappa shape index (κ1) is 15.0. The van der Waals surface area contributed by atoms with Crippen LogP contribution in [0.3, 0.4) is 0 Å². The standard InChI is InChI=1S/C13H18N2O4/c1-9-10(12(16)17)5-3-6-11(9)15-13(18)14-7-4-8-19-2/h3,5-6H,4,7-8H2,1-2H3,(H,16,17)(H2,14,15,18). The predicted octanol–water partition coefficient (Wildman–Crippen LogP) is 1.85. The molecule has 1 aromatic carbocycles. The zero-order chi connectivity index (χ0) is 14.3. The summed E-state index contributed by atoms with van der Waals surface area (Å²) in [5, 5.41) is 14.3. The Hall–Kier alpha value is -2.08. The number of urea groups is 1. The Bertz CT molecular complexity index is 460. The summed E-state index contributed by atoms with van der Waals surface area (Å²) in [5.74, 6) is -1.01. The fraction of sp³-hybridized carbons (Fsp3) is 0.385. The number of carbonyl (C=O) groups is 2. The fourth-order valence-corrected chi connectivity index (χ4v) is 1.59. The summed E-state index contributed by atoms with van der Waals surface area (Å²) in [7, 11) is 1.60. The van der Waals surface area contributed by atoms with E-state index in [1.165, 1.54) is 6.07 Å². The lowest BCUT2D eigenvalue weighted by atomic mass is 10.1. The monoisotopic (exact) mass is 266 g/mol. The molecule has 19 heavy (non-hydrogen) atoms. The quantitative estimate of drug-likeness (QED) is 0.686. The van der Waals surface area contributed by atoms with Crippen LogP contribution in [0.2, 0.25) is 0 Å². The van der Waals surface area contributed by atoms with Crippen molar-refractivity contribution in [3.63, 3.8) is 0 Å². The molecule has 0 spiro atoms. The molecule has 0 radical (unpaired) electrons. The molecule has 0 bridgehead atoms. The third-order valence-corrected chi connectivity index (χ3v) is 2.62. The first-order chi connectivity index (χ1) is 9.06. The molecule has 6 nitrogen and oxygen atoms in total. The number of carbonyl (C=O) groups excluding carboxylic acids is 1. The Balaban J connectivity index is 2.59. The normalized spacial score (nSPS) is 10.0. The molecule has 3 N–H and O–H groups in total. The molecule has 0 saturated carbocycles. The number of carboxylic acids is 1. The summed E-state index contributed by atoms with van der Waals surface area (Å²) in [5.41, 5.74) is 1.20. The molecule has 0 aliphatic carbocycles. The highest BCUT2D eigenvalue weighted by molar-refractivity contribution is 5.95. The minimum atomic E-state index is -1.01. The number of carboxylic acid groups (broad SMARTS) is 1. The van der Waals surface area contributed by atoms with Crippen molar-refractivity contribution in [2.75, 3.05) is 25.6 Å². The third kappa shape index (κ3) is 4.59. The van der Waals surface area contributed by atoms with Crippen molar-refractivity contribution in [2.45, 2.75) is 13.3 Å². The van der Waals surface area contributed by atoms with Crippen molar-refractivity contribution in [3.05, 3.63) is 29.3 Å². The summed E-state index contributed by atoms with van der Waals surface area (Å²) < 4.78 is 4.87. The zero-order valence-electron chi connectivity index (χ0n) is 11.0. The number of aromatic carboxylic acids is 1. The average molecular weight is 266 g/mol. The van der Waals surface area contributed by atoms with E-state index in [0.29, 0.717) is 24.4 Å². The van der Waals surface area contributed by atoms with Crippen molar-refractivity contribution < 1.29 is 19.4 Å². The van der Waals surface area contributed by atoms with E-state index in [0.717, 1.165) is 6.42 Å². The van der Waals surface area contributed by atoms with Gasteiger partial charge in [0.2, 0.25) is 0 Å². The van der Waals surface area contributed by atoms with E-state index in [9.17, 15) is 9.59 Å². The largest absolute Gasteiger partial charge is 0.478 e. The Kier molecular flexibility index (Phi) is 5.81. The number of benzene rings is 1. The number of ether oxygens (including phenoxy) is 1. The maximum atomic E-state index is 11.6. The van der Waals surface area contributed by atoms with Crippen molar-refractivity contribution >= 4 is 17.7 Å². The van der Waals surface area contributed by atoms with Crippen LogP contribution in [-0.4, -0.2) is 37.4 Å². The lowest BCUT2D eigenvalue weighted by Gasteiger charge is -2.11. The van der Waals surface area contributed by atoms with Gasteiger partial charge in [-0.05, 0) is 31.0 Å². The van der Waals surface area contributed by atoms with E-state index in [1.54, 1.807) is 26.2 Å². The Morgan fingerprint density at radius 1 is 1.37 bits per heavy atom. The number of rotatable bonds is 6. The number of anilines is 1. The van der Waals surface area contributed by atoms with Gasteiger partial charge in [0.15, 0.2) is 0 Å². The Labute approximate surface area is 111 Å². The van der Waals surface area contributed by atoms with Crippen LogP contribution in [0.5, 0.6) is 0 Å². The molecule has 0 aliphatic rings. The van der Waals surface area contributed by atoms with Gasteiger partial charge in [0.05, 0.1) is 5.56 Å². The highest BCUT2D eigenvalue weighted by Gasteiger charge is 2.11. The second-order valence-corrected chi connectivity index (χ2v) is 4.01. The van der Waals surface area contributed by atoms with E-state index in [1.807, 2.05) is 0 Å². The Morgan fingerprint density at radius 2 is 2.11 bits per heavy atom. The minimum Gasteiger partial charge on any atom is -0.478 e. The lowest BCUT2D eigenvalue weighted by molar-refractivity contribution is 0.0696. The molecule has 0 atom stereocenters. The summed E-state index contributed by atoms with van der Waals surface area (Å²) in [4.78, 5) is 22.6. The van der Waals surface area contributed by atoms with Crippen LogP contribution in [-0.2, 0) is 4.74 Å². The maximum Gasteiger partial charge on any atom is 0.336 e. The smallest absolute Gasteiger partial charge is 0.336 e. The lowest BCUT2D eigenvalue weighted by Crippen LogP contribution is -2.30. The van der Waals surface area contributed by atoms with Gasteiger partial charge >= 0.3 is 12.0 Å². The summed E-state index contributed by atoms with van der Waals surface area (Å²) in [6.45, 7) is 2.73. The van der Waals surface area contributed by atoms with Gasteiger partial charge in [-0.2, -0.15) is 0 Å². The second-order valence-electron chi connectivity index (χ2n) is 4.01. The fourth-order valence-electron chi connectivity index (χ4n) is 1.59. The van der Waals surface area contributed by atoms with Crippen LogP contribution in [0, 0.1) is 6.92 Å². The van der Waals surface area contributed by atoms with Crippen molar-refractivity contribution in [1.82, 2.24) is 5.32 Å². The van der Waals surface area contributed by atoms with Crippen LogP contribution in [0.15, 0.2) is 18.2 Å². The van der Waals surface area contributed by atoms with Crippen molar-refractivity contribution in [1.29, 1.82) is 0 Å². The van der Waals surface area contributed by atoms with E-state index in [2.05, 4.69) is 10.6 Å². The SMILES string of the molecule is COCCCNC(=O)Nc1cccc(C(=O)O)c1C. The van der Waals surface area contributed by atoms with Gasteiger partial charge in [-0.1, -0.05) is 6.07 Å². The first-order valence-electron chi connectivity index (χ1n) is 5.93. The van der Waals surface area contributed by atoms with Gasteiger partial charge in [-0.3, -0.25) is 0 Å². The number of methoxy groups -OCH3 is 1. The van der Waals surface area contributed by atoms with Crippen molar-refractivity contribution in [3.8, 4) is 0 Å². The topological polar surface area (TPSA) is 87.7 Å². The molecule has 2 amide bonds. The molecule has 0 aliphatic heterocycles. The Morgan fingerprint density at radius 3 is 2.74 bits per heavy atom. The van der Waals surface area contributed by atoms with Crippen LogP contribution < -0.4 is 10.6 Å². The number of nitrogens with one attached hydrogen (secondary N) is 2. The molecule has 6 heteroatoms. The van der Waals surface area contributed by atoms with Gasteiger partial charge in [0, 0.05) is 25.9 Å². The van der Waals surface area contributed by atoms with Crippen LogP contribution in [0.1, 0.15) is 22.3 Å². The van der Waals surface area contributed by atoms with Crippen LogP contribution in [0.25, 0.3) is 0 Å². The molecule has 104 valence electrons. The van der Waals surface area contributed by atoms with Gasteiger partial charge in [-0.15, -0.1) is 0 Å². The van der Waals surface area contributed by atoms with E-state index >= 15 is 0 Å². The van der Waals surface area contributed by atoms with Crippen LogP contribution in [0.4, 0.5) is 10.5 Å². The average Bonchev–Trinajstić information content (AvgIpc) is 2.37. The zero-order valence-corrected chi connectivity index (χ0v) is 11.0. The minimum absolute atomic E-state index is 0.178. The number of hydrogen-bond acceptors (Lipinski definition) is 3. The van der Waals surface area contributed by atoms with Gasteiger partial charge in [0.1, 0.15) is 0 Å². The highest BCUT2D eigenvalue weighted by Crippen LogP contribution is 2.18. The summed E-state index contributed by atoms with van der Waals surface area (Å²) >= 11 is 0. The molecule has 0 saturated heterocycles. The molecular weight excluding hydrogens is 248 g/mol. The molecular formula is C13H18N2O4. The van der Waals surface area contributed by atoms with Gasteiger partial charge < -0.3 is 20.5 Å². The first-order valence-corrected chi connectivity index (χ1v) is 5.93. The number of amides is 2. The van der Waals surface area contributed by atoms with Crippen molar-refractivity contribution in [2.24, 2.45) is 0 Å². The molecule has 0 unspecified atom stereocenters. The van der Waals surface area contributed by atoms with E-state index < -0.39 is 5.97 Å². The molecule has 0 aromatic heterocycles. The third-order valence-electron chi connectivity index (χ3n) is 2.62. The highest BCUT2D eigenvalue weighted by atomic mass is 16.5. The molecule has 0 heterocycles. The van der Waals surface area contributed by atoms with Gasteiger partial charge in [0.25, 0.3) is 0 Å². The molecule has 1 rings (SSSR count). The second kappa shape index (κ2) is 7.38. The summed E-state index contributed by atoms with van der Waals surface area (Å²) in [6.07, 6.45) is 0.720. The molecule has 1 aromatic rings. The van der Waals surface area contributed by atoms with Gasteiger partial charge in [-0.25, -0.2) is 9.59 Å². The maximum absolute atomic E-state index is 11.6. The summed E-state index contributed by atoms with van der Waals surface area (Å²) in [6, 6.07) is 4.40. The predicted molar refractivity (Wildman–Crippen MR) is 71.7 cm³/mol.